The average molecular weight is 266 g/mol. The molecule has 0 aliphatic carbocycles. The van der Waals surface area contributed by atoms with Gasteiger partial charge in [-0.05, 0) is 31.4 Å². The van der Waals surface area contributed by atoms with E-state index in [0.29, 0.717) is 11.6 Å². The molecule has 0 saturated carbocycles. The lowest BCUT2D eigenvalue weighted by atomic mass is 10.2. The number of hydrogen-bond donors (Lipinski definition) is 0. The van der Waals surface area contributed by atoms with Gasteiger partial charge < -0.3 is 4.74 Å². The Balaban J connectivity index is 1.95. The molecule has 0 aromatic carbocycles. The van der Waals surface area contributed by atoms with Crippen LogP contribution in [0, 0.1) is 0 Å². The first-order chi connectivity index (χ1) is 8.70. The SMILES string of the molecule is COC(=O)c1ccc(CN(C)C2CCSC2)nc1. The molecule has 1 atom stereocenters. The summed E-state index contributed by atoms with van der Waals surface area (Å²) in [6, 6.07) is 4.31. The van der Waals surface area contributed by atoms with Crippen LogP contribution in [-0.2, 0) is 11.3 Å². The summed E-state index contributed by atoms with van der Waals surface area (Å²) in [4.78, 5) is 17.9. The standard InChI is InChI=1S/C13H18N2O2S/c1-15(12-5-6-18-9-12)8-11-4-3-10(7-14-11)13(16)17-2/h3-4,7,12H,5-6,8-9H2,1-2H3. The van der Waals surface area contributed by atoms with Gasteiger partial charge >= 0.3 is 5.97 Å². The maximum Gasteiger partial charge on any atom is 0.339 e. The second kappa shape index (κ2) is 6.20. The van der Waals surface area contributed by atoms with E-state index in [1.54, 1.807) is 12.3 Å². The lowest BCUT2D eigenvalue weighted by molar-refractivity contribution is 0.0600. The molecule has 0 amide bonds. The number of thioether (sulfide) groups is 1. The van der Waals surface area contributed by atoms with Crippen LogP contribution in [0.4, 0.5) is 0 Å². The first-order valence-electron chi connectivity index (χ1n) is 6.02. The Bertz CT molecular complexity index is 402. The van der Waals surface area contributed by atoms with E-state index < -0.39 is 0 Å². The number of aromatic nitrogens is 1. The van der Waals surface area contributed by atoms with Crippen LogP contribution in [0.3, 0.4) is 0 Å². The topological polar surface area (TPSA) is 42.4 Å². The Kier molecular flexibility index (Phi) is 4.60. The average Bonchev–Trinajstić information content (AvgIpc) is 2.92. The third-order valence-electron chi connectivity index (χ3n) is 3.19. The maximum absolute atomic E-state index is 11.3. The molecule has 0 radical (unpaired) electrons. The highest BCUT2D eigenvalue weighted by Gasteiger charge is 2.20. The molecule has 1 aromatic heterocycles. The minimum atomic E-state index is -0.338. The molecule has 1 unspecified atom stereocenters. The van der Waals surface area contributed by atoms with Gasteiger partial charge in [-0.1, -0.05) is 0 Å². The minimum absolute atomic E-state index is 0.338. The highest BCUT2D eigenvalue weighted by atomic mass is 32.2. The molecule has 1 aliphatic heterocycles. The summed E-state index contributed by atoms with van der Waals surface area (Å²) >= 11 is 2.01. The zero-order valence-electron chi connectivity index (χ0n) is 10.8. The molecule has 2 heterocycles. The van der Waals surface area contributed by atoms with Gasteiger partial charge in [0.2, 0.25) is 0 Å². The van der Waals surface area contributed by atoms with Crippen molar-refractivity contribution in [2.24, 2.45) is 0 Å². The molecule has 98 valence electrons. The molecule has 18 heavy (non-hydrogen) atoms. The summed E-state index contributed by atoms with van der Waals surface area (Å²) in [5.74, 6) is 2.12. The predicted molar refractivity (Wildman–Crippen MR) is 72.8 cm³/mol. The maximum atomic E-state index is 11.3. The molecule has 0 bridgehead atoms. The largest absolute Gasteiger partial charge is 0.465 e. The number of pyridine rings is 1. The Morgan fingerprint density at radius 2 is 2.44 bits per heavy atom. The van der Waals surface area contributed by atoms with Crippen molar-refractivity contribution in [1.82, 2.24) is 9.88 Å². The van der Waals surface area contributed by atoms with Crippen LogP contribution in [0.1, 0.15) is 22.5 Å². The summed E-state index contributed by atoms with van der Waals surface area (Å²) in [6.45, 7) is 0.826. The van der Waals surface area contributed by atoms with E-state index in [1.165, 1.54) is 25.0 Å². The van der Waals surface area contributed by atoms with Crippen molar-refractivity contribution in [2.45, 2.75) is 19.0 Å². The molecule has 4 nitrogen and oxygen atoms in total. The Morgan fingerprint density at radius 3 is 3.00 bits per heavy atom. The number of carbonyl (C=O) groups is 1. The van der Waals surface area contributed by atoms with Gasteiger partial charge in [0.1, 0.15) is 0 Å². The van der Waals surface area contributed by atoms with E-state index in [0.717, 1.165) is 12.2 Å². The molecule has 1 aromatic rings. The Hall–Kier alpha value is -1.07. The summed E-state index contributed by atoms with van der Waals surface area (Å²) in [6.07, 6.45) is 2.83. The third kappa shape index (κ3) is 3.23. The highest BCUT2D eigenvalue weighted by molar-refractivity contribution is 7.99. The Morgan fingerprint density at radius 1 is 1.61 bits per heavy atom. The number of nitrogens with zero attached hydrogens (tertiary/aromatic N) is 2. The highest BCUT2D eigenvalue weighted by Crippen LogP contribution is 2.22. The second-order valence-electron chi connectivity index (χ2n) is 4.46. The number of ether oxygens (including phenoxy) is 1. The predicted octanol–water partition coefficient (Wildman–Crippen LogP) is 1.81. The normalized spacial score (nSPS) is 19.2. The van der Waals surface area contributed by atoms with Crippen LogP contribution in [0.15, 0.2) is 18.3 Å². The van der Waals surface area contributed by atoms with Gasteiger partial charge in [-0.2, -0.15) is 11.8 Å². The molecule has 0 N–H and O–H groups in total. The smallest absolute Gasteiger partial charge is 0.339 e. The molecule has 2 rings (SSSR count). The fraction of sp³-hybridized carbons (Fsp3) is 0.538. The van der Waals surface area contributed by atoms with Crippen LogP contribution in [0.5, 0.6) is 0 Å². The molecule has 1 fully saturated rings. The summed E-state index contributed by atoms with van der Waals surface area (Å²) in [5, 5.41) is 0. The van der Waals surface area contributed by atoms with Gasteiger partial charge in [-0.3, -0.25) is 9.88 Å². The quantitative estimate of drug-likeness (QED) is 0.777. The number of rotatable bonds is 4. The van der Waals surface area contributed by atoms with Crippen LogP contribution in [0.25, 0.3) is 0 Å². The number of carbonyl (C=O) groups excluding carboxylic acids is 1. The zero-order valence-corrected chi connectivity index (χ0v) is 11.6. The van der Waals surface area contributed by atoms with E-state index in [9.17, 15) is 4.79 Å². The fourth-order valence-corrected chi connectivity index (χ4v) is 3.31. The van der Waals surface area contributed by atoms with Gasteiger partial charge in [0.05, 0.1) is 18.4 Å². The summed E-state index contributed by atoms with van der Waals surface area (Å²) in [5.41, 5.74) is 1.49. The van der Waals surface area contributed by atoms with Crippen molar-refractivity contribution in [1.29, 1.82) is 0 Å². The van der Waals surface area contributed by atoms with Crippen molar-refractivity contribution < 1.29 is 9.53 Å². The van der Waals surface area contributed by atoms with E-state index in [1.807, 2.05) is 17.8 Å². The van der Waals surface area contributed by atoms with Crippen molar-refractivity contribution in [2.75, 3.05) is 25.7 Å². The molecular formula is C13H18N2O2S. The third-order valence-corrected chi connectivity index (χ3v) is 4.33. The van der Waals surface area contributed by atoms with Gasteiger partial charge in [0, 0.05) is 24.5 Å². The number of methoxy groups -OCH3 is 1. The van der Waals surface area contributed by atoms with Gasteiger partial charge in [0.25, 0.3) is 0 Å². The van der Waals surface area contributed by atoms with Crippen molar-refractivity contribution in [3.05, 3.63) is 29.6 Å². The molecule has 5 heteroatoms. The minimum Gasteiger partial charge on any atom is -0.465 e. The van der Waals surface area contributed by atoms with Gasteiger partial charge in [0.15, 0.2) is 0 Å². The van der Waals surface area contributed by atoms with Crippen LogP contribution >= 0.6 is 11.8 Å². The van der Waals surface area contributed by atoms with Crippen molar-refractivity contribution >= 4 is 17.7 Å². The van der Waals surface area contributed by atoms with Crippen LogP contribution in [-0.4, -0.2) is 47.6 Å². The van der Waals surface area contributed by atoms with Crippen LogP contribution < -0.4 is 0 Å². The van der Waals surface area contributed by atoms with E-state index in [-0.39, 0.29) is 5.97 Å². The summed E-state index contributed by atoms with van der Waals surface area (Å²) < 4.78 is 4.65. The van der Waals surface area contributed by atoms with Gasteiger partial charge in [-0.15, -0.1) is 0 Å². The molecule has 0 spiro atoms. The Labute approximate surface area is 112 Å². The lowest BCUT2D eigenvalue weighted by Crippen LogP contribution is -2.31. The van der Waals surface area contributed by atoms with E-state index >= 15 is 0 Å². The molecular weight excluding hydrogens is 248 g/mol. The van der Waals surface area contributed by atoms with Crippen molar-refractivity contribution in [3.8, 4) is 0 Å². The number of hydrogen-bond acceptors (Lipinski definition) is 5. The zero-order chi connectivity index (χ0) is 13.0. The molecule has 1 saturated heterocycles. The lowest BCUT2D eigenvalue weighted by Gasteiger charge is -2.22. The fourth-order valence-electron chi connectivity index (χ4n) is 2.01. The summed E-state index contributed by atoms with van der Waals surface area (Å²) in [7, 11) is 3.51. The first kappa shape index (κ1) is 13.4. The number of esters is 1. The van der Waals surface area contributed by atoms with E-state index in [2.05, 4.69) is 21.7 Å². The first-order valence-corrected chi connectivity index (χ1v) is 7.17. The van der Waals surface area contributed by atoms with Gasteiger partial charge in [-0.25, -0.2) is 4.79 Å². The molecule has 1 aliphatic rings. The second-order valence-corrected chi connectivity index (χ2v) is 5.61. The van der Waals surface area contributed by atoms with E-state index in [4.69, 9.17) is 0 Å². The monoisotopic (exact) mass is 266 g/mol. The van der Waals surface area contributed by atoms with Crippen LogP contribution in [0.2, 0.25) is 0 Å². The van der Waals surface area contributed by atoms with Crippen molar-refractivity contribution in [3.63, 3.8) is 0 Å².